The van der Waals surface area contributed by atoms with Crippen LogP contribution in [0.25, 0.3) is 0 Å². The number of hydrogen-bond donors (Lipinski definition) is 3. The summed E-state index contributed by atoms with van der Waals surface area (Å²) < 4.78 is 0.556. The molecule has 15 heavy (non-hydrogen) atoms. The van der Waals surface area contributed by atoms with Crippen LogP contribution in [0.3, 0.4) is 0 Å². The molecule has 1 saturated carbocycles. The summed E-state index contributed by atoms with van der Waals surface area (Å²) in [5.74, 6) is -1.60. The van der Waals surface area contributed by atoms with E-state index in [-0.39, 0.29) is 17.1 Å². The average Bonchev–Trinajstić information content (AvgIpc) is 2.91. The maximum atomic E-state index is 11.1. The molecule has 4 nitrogen and oxygen atoms in total. The second kappa shape index (κ2) is 3.13. The van der Waals surface area contributed by atoms with E-state index in [4.69, 9.17) is 5.11 Å². The Hall–Kier alpha value is -1.23. The van der Waals surface area contributed by atoms with E-state index in [0.29, 0.717) is 17.3 Å². The molecule has 0 saturated heterocycles. The van der Waals surface area contributed by atoms with Gasteiger partial charge in [-0.25, -0.2) is 0 Å². The zero-order valence-electron chi connectivity index (χ0n) is 7.70. The van der Waals surface area contributed by atoms with Crippen molar-refractivity contribution < 1.29 is 20.1 Å². The van der Waals surface area contributed by atoms with Crippen LogP contribution in [0.2, 0.25) is 0 Å². The SMILES string of the molecule is O=C(O)C1(c2cc(Br)cc(O)c2O)CC1. The van der Waals surface area contributed by atoms with Crippen molar-refractivity contribution >= 4 is 21.9 Å². The summed E-state index contributed by atoms with van der Waals surface area (Å²) in [6.07, 6.45) is 0.984. The molecule has 80 valence electrons. The second-order valence-electron chi connectivity index (χ2n) is 3.71. The second-order valence-corrected chi connectivity index (χ2v) is 4.62. The number of aliphatic carboxylic acids is 1. The van der Waals surface area contributed by atoms with Gasteiger partial charge in [-0.1, -0.05) is 15.9 Å². The first-order chi connectivity index (χ1) is 6.97. The van der Waals surface area contributed by atoms with Crippen molar-refractivity contribution in [1.29, 1.82) is 0 Å². The van der Waals surface area contributed by atoms with E-state index in [2.05, 4.69) is 15.9 Å². The molecule has 0 radical (unpaired) electrons. The van der Waals surface area contributed by atoms with Gasteiger partial charge in [0.25, 0.3) is 0 Å². The summed E-state index contributed by atoms with van der Waals surface area (Å²) in [5, 5.41) is 28.0. The van der Waals surface area contributed by atoms with Gasteiger partial charge in [0.1, 0.15) is 0 Å². The van der Waals surface area contributed by atoms with Gasteiger partial charge < -0.3 is 15.3 Å². The van der Waals surface area contributed by atoms with Crippen LogP contribution in [-0.4, -0.2) is 21.3 Å². The molecule has 1 aromatic carbocycles. The van der Waals surface area contributed by atoms with Gasteiger partial charge in [-0.15, -0.1) is 0 Å². The molecule has 1 aromatic rings. The van der Waals surface area contributed by atoms with Crippen LogP contribution in [0, 0.1) is 0 Å². The van der Waals surface area contributed by atoms with Crippen LogP contribution in [0.15, 0.2) is 16.6 Å². The summed E-state index contributed by atoms with van der Waals surface area (Å²) >= 11 is 3.15. The Balaban J connectivity index is 2.58. The molecule has 0 unspecified atom stereocenters. The minimum atomic E-state index is -1.01. The predicted octanol–water partition coefficient (Wildman–Crippen LogP) is 1.98. The summed E-state index contributed by atoms with van der Waals surface area (Å²) in [6.45, 7) is 0. The molecule has 0 amide bonds. The van der Waals surface area contributed by atoms with Crippen LogP contribution >= 0.6 is 15.9 Å². The standard InChI is InChI=1S/C10H9BrO4/c11-5-3-6(8(13)7(12)4-5)10(1-2-10)9(14)15/h3-4,12-13H,1-2H2,(H,14,15). The van der Waals surface area contributed by atoms with E-state index in [1.807, 2.05) is 0 Å². The van der Waals surface area contributed by atoms with Gasteiger partial charge in [0, 0.05) is 10.0 Å². The summed E-state index contributed by atoms with van der Waals surface area (Å²) in [7, 11) is 0. The summed E-state index contributed by atoms with van der Waals surface area (Å²) in [6, 6.07) is 2.87. The number of benzene rings is 1. The molecule has 0 bridgehead atoms. The highest BCUT2D eigenvalue weighted by Crippen LogP contribution is 2.53. The maximum Gasteiger partial charge on any atom is 0.314 e. The summed E-state index contributed by atoms with van der Waals surface area (Å²) in [5.41, 5.74) is -0.729. The molecule has 0 aliphatic heterocycles. The van der Waals surface area contributed by atoms with E-state index in [1.54, 1.807) is 0 Å². The molecule has 0 aromatic heterocycles. The van der Waals surface area contributed by atoms with Crippen molar-refractivity contribution in [3.8, 4) is 11.5 Å². The zero-order chi connectivity index (χ0) is 11.2. The van der Waals surface area contributed by atoms with Crippen molar-refractivity contribution in [3.05, 3.63) is 22.2 Å². The predicted molar refractivity (Wildman–Crippen MR) is 56.0 cm³/mol. The van der Waals surface area contributed by atoms with E-state index >= 15 is 0 Å². The van der Waals surface area contributed by atoms with Gasteiger partial charge in [0.15, 0.2) is 11.5 Å². The molecule has 1 fully saturated rings. The van der Waals surface area contributed by atoms with E-state index in [9.17, 15) is 15.0 Å². The first-order valence-corrected chi connectivity index (χ1v) is 5.22. The van der Waals surface area contributed by atoms with Crippen LogP contribution in [0.1, 0.15) is 18.4 Å². The Morgan fingerprint density at radius 2 is 1.93 bits per heavy atom. The van der Waals surface area contributed by atoms with Gasteiger partial charge in [-0.3, -0.25) is 4.79 Å². The number of hydrogen-bond acceptors (Lipinski definition) is 3. The molecule has 1 aliphatic carbocycles. The minimum absolute atomic E-state index is 0.280. The van der Waals surface area contributed by atoms with Crippen LogP contribution in [-0.2, 0) is 10.2 Å². The summed E-state index contributed by atoms with van der Waals surface area (Å²) in [4.78, 5) is 11.1. The third-order valence-electron chi connectivity index (χ3n) is 2.73. The Kier molecular flexibility index (Phi) is 2.15. The van der Waals surface area contributed by atoms with E-state index in [1.165, 1.54) is 12.1 Å². The first-order valence-electron chi connectivity index (χ1n) is 4.43. The number of phenols is 2. The fraction of sp³-hybridized carbons (Fsp3) is 0.300. The third-order valence-corrected chi connectivity index (χ3v) is 3.19. The monoisotopic (exact) mass is 272 g/mol. The molecule has 2 rings (SSSR count). The quantitative estimate of drug-likeness (QED) is 0.720. The van der Waals surface area contributed by atoms with Crippen LogP contribution in [0.4, 0.5) is 0 Å². The highest BCUT2D eigenvalue weighted by Gasteiger charge is 2.53. The molecular formula is C10H9BrO4. The van der Waals surface area contributed by atoms with Crippen LogP contribution in [0.5, 0.6) is 11.5 Å². The normalized spacial score (nSPS) is 17.4. The number of halogens is 1. The Labute approximate surface area is 94.3 Å². The lowest BCUT2D eigenvalue weighted by molar-refractivity contribution is -0.140. The Morgan fingerprint density at radius 1 is 1.33 bits per heavy atom. The van der Waals surface area contributed by atoms with Crippen molar-refractivity contribution in [1.82, 2.24) is 0 Å². The topological polar surface area (TPSA) is 77.8 Å². The van der Waals surface area contributed by atoms with Crippen molar-refractivity contribution in [2.24, 2.45) is 0 Å². The lowest BCUT2D eigenvalue weighted by Crippen LogP contribution is -2.19. The number of rotatable bonds is 2. The fourth-order valence-electron chi connectivity index (χ4n) is 1.67. The van der Waals surface area contributed by atoms with Gasteiger partial charge >= 0.3 is 5.97 Å². The van der Waals surface area contributed by atoms with E-state index < -0.39 is 11.4 Å². The largest absolute Gasteiger partial charge is 0.504 e. The lowest BCUT2D eigenvalue weighted by atomic mass is 9.95. The molecular weight excluding hydrogens is 264 g/mol. The third kappa shape index (κ3) is 1.47. The smallest absolute Gasteiger partial charge is 0.314 e. The van der Waals surface area contributed by atoms with Crippen molar-refractivity contribution in [2.45, 2.75) is 18.3 Å². The molecule has 0 heterocycles. The van der Waals surface area contributed by atoms with Crippen molar-refractivity contribution in [2.75, 3.05) is 0 Å². The first kappa shape index (κ1) is 10.3. The zero-order valence-corrected chi connectivity index (χ0v) is 9.28. The van der Waals surface area contributed by atoms with Gasteiger partial charge in [-0.05, 0) is 25.0 Å². The van der Waals surface area contributed by atoms with Gasteiger partial charge in [-0.2, -0.15) is 0 Å². The van der Waals surface area contributed by atoms with Crippen LogP contribution < -0.4 is 0 Å². The lowest BCUT2D eigenvalue weighted by Gasteiger charge is -2.13. The number of aromatic hydroxyl groups is 2. The number of carbonyl (C=O) groups is 1. The molecule has 3 N–H and O–H groups in total. The molecule has 0 spiro atoms. The average molecular weight is 273 g/mol. The Bertz CT molecular complexity index is 437. The van der Waals surface area contributed by atoms with Gasteiger partial charge in [0.2, 0.25) is 0 Å². The van der Waals surface area contributed by atoms with Gasteiger partial charge in [0.05, 0.1) is 5.41 Å². The van der Waals surface area contributed by atoms with E-state index in [0.717, 1.165) is 0 Å². The molecule has 0 atom stereocenters. The molecule has 1 aliphatic rings. The number of carboxylic acid groups (broad SMARTS) is 1. The highest BCUT2D eigenvalue weighted by atomic mass is 79.9. The highest BCUT2D eigenvalue weighted by molar-refractivity contribution is 9.10. The van der Waals surface area contributed by atoms with Crippen molar-refractivity contribution in [3.63, 3.8) is 0 Å². The molecule has 5 heteroatoms. The number of carboxylic acids is 1. The fourth-order valence-corrected chi connectivity index (χ4v) is 2.12. The Morgan fingerprint density at radius 3 is 2.40 bits per heavy atom. The maximum absolute atomic E-state index is 11.1. The minimum Gasteiger partial charge on any atom is -0.504 e. The number of phenolic OH excluding ortho intramolecular Hbond substituents is 2.